The predicted octanol–water partition coefficient (Wildman–Crippen LogP) is 2.53. The third-order valence-corrected chi connectivity index (χ3v) is 12.4. The van der Waals surface area contributed by atoms with Gasteiger partial charge in [-0.05, 0) is 55.2 Å². The van der Waals surface area contributed by atoms with Crippen molar-refractivity contribution in [2.75, 3.05) is 0 Å². The zero-order valence-electron chi connectivity index (χ0n) is 34.8. The van der Waals surface area contributed by atoms with E-state index in [9.17, 15) is 33.6 Å². The Morgan fingerprint density at radius 3 is 1.11 bits per heavy atom. The summed E-state index contributed by atoms with van der Waals surface area (Å²) in [6.45, 7) is 1.42. The Morgan fingerprint density at radius 2 is 0.787 bits per heavy atom. The average Bonchev–Trinajstić information content (AvgIpc) is 4.03. The Bertz CT molecular complexity index is 2000. The van der Waals surface area contributed by atoms with E-state index < -0.39 is 65.7 Å². The lowest BCUT2D eigenvalue weighted by Gasteiger charge is -2.28. The van der Waals surface area contributed by atoms with Crippen LogP contribution < -0.4 is 37.6 Å². The van der Waals surface area contributed by atoms with Crippen molar-refractivity contribution in [1.29, 1.82) is 0 Å². The van der Waals surface area contributed by atoms with Crippen molar-refractivity contribution in [2.24, 2.45) is 23.5 Å². The molecule has 8 unspecified atom stereocenters. The van der Waals surface area contributed by atoms with Crippen LogP contribution in [0.1, 0.15) is 81.4 Å². The van der Waals surface area contributed by atoms with Crippen molar-refractivity contribution < 1.29 is 33.6 Å². The highest BCUT2D eigenvalue weighted by molar-refractivity contribution is 5.92. The van der Waals surface area contributed by atoms with Gasteiger partial charge in [0, 0.05) is 44.3 Å². The standard InChI is InChI=1S/C47H59N7O7/c1-29(55)49-36-23-11-20-33(36)44(58)53-40(27-31-16-7-3-8-17-31)46(60)51-38-25-13-22-35(38)45(59)54-41(28-32-18-9-4-10-19-32)47(61)50-37-24-12-21-34(37)43(57)52-39(42(48)56)26-30-14-5-2-6-15-30/h2-10,14-19,33-41H,11-13,20-28H2,1H3,(H2,48,56)(H,49,55)(H,50,61)(H,51,60)(H,52,57)(H,53,58)(H,54,59)/t33?,34?,35?,36?,37?,38?,39?,40-,41?/m0/s1. The lowest BCUT2D eigenvalue weighted by molar-refractivity contribution is -0.134. The smallest absolute Gasteiger partial charge is 0.243 e. The van der Waals surface area contributed by atoms with E-state index in [1.54, 1.807) is 0 Å². The zero-order chi connectivity index (χ0) is 43.3. The molecule has 0 bridgehead atoms. The first kappa shape index (κ1) is 44.5. The third-order valence-electron chi connectivity index (χ3n) is 12.4. The van der Waals surface area contributed by atoms with Crippen LogP contribution in [0.3, 0.4) is 0 Å². The van der Waals surface area contributed by atoms with Gasteiger partial charge in [-0.3, -0.25) is 33.6 Å². The van der Waals surface area contributed by atoms with Gasteiger partial charge in [0.1, 0.15) is 18.1 Å². The molecule has 3 aromatic rings. The molecule has 61 heavy (non-hydrogen) atoms. The lowest BCUT2D eigenvalue weighted by atomic mass is 9.97. The number of carbonyl (C=O) groups is 7. The summed E-state index contributed by atoms with van der Waals surface area (Å²) >= 11 is 0. The Hall–Kier alpha value is -6.05. The maximum absolute atomic E-state index is 14.2. The van der Waals surface area contributed by atoms with E-state index in [1.165, 1.54) is 6.92 Å². The van der Waals surface area contributed by atoms with Gasteiger partial charge in [-0.15, -0.1) is 0 Å². The second-order valence-corrected chi connectivity index (χ2v) is 16.8. The molecule has 0 saturated heterocycles. The molecule has 0 spiro atoms. The van der Waals surface area contributed by atoms with Crippen LogP contribution in [0.25, 0.3) is 0 Å². The number of rotatable bonds is 18. The van der Waals surface area contributed by atoms with Gasteiger partial charge in [0.05, 0.1) is 17.8 Å². The molecule has 324 valence electrons. The summed E-state index contributed by atoms with van der Waals surface area (Å²) in [5, 5.41) is 17.8. The SMILES string of the molecule is CC(=O)NC1CCCC1C(=O)N[C@@H](Cc1ccccc1)C(=O)NC1CCCC1C(=O)NC(Cc1ccccc1)C(=O)NC1CCCC1C(=O)NC(Cc1ccccc1)C(N)=O. The average molecular weight is 834 g/mol. The summed E-state index contributed by atoms with van der Waals surface area (Å²) in [6, 6.07) is 23.8. The summed E-state index contributed by atoms with van der Waals surface area (Å²) < 4.78 is 0. The number of amides is 7. The normalized spacial score (nSPS) is 23.4. The van der Waals surface area contributed by atoms with Gasteiger partial charge in [0.25, 0.3) is 0 Å². The van der Waals surface area contributed by atoms with Gasteiger partial charge in [-0.2, -0.15) is 0 Å². The molecule has 0 heterocycles. The monoisotopic (exact) mass is 833 g/mol. The van der Waals surface area contributed by atoms with Crippen LogP contribution >= 0.6 is 0 Å². The number of benzene rings is 3. The summed E-state index contributed by atoms with van der Waals surface area (Å²) in [7, 11) is 0. The van der Waals surface area contributed by atoms with E-state index in [2.05, 4.69) is 31.9 Å². The highest BCUT2D eigenvalue weighted by atomic mass is 16.2. The second-order valence-electron chi connectivity index (χ2n) is 16.8. The molecule has 9 atom stereocenters. The number of hydrogen-bond donors (Lipinski definition) is 7. The van der Waals surface area contributed by atoms with Gasteiger partial charge >= 0.3 is 0 Å². The molecule has 14 heteroatoms. The molecule has 3 aliphatic rings. The maximum Gasteiger partial charge on any atom is 0.243 e. The van der Waals surface area contributed by atoms with E-state index in [1.807, 2.05) is 91.0 Å². The number of nitrogens with one attached hydrogen (secondary N) is 6. The third kappa shape index (κ3) is 12.5. The van der Waals surface area contributed by atoms with Crippen molar-refractivity contribution in [1.82, 2.24) is 31.9 Å². The molecule has 3 aliphatic carbocycles. The molecule has 0 aliphatic heterocycles. The summed E-state index contributed by atoms with van der Waals surface area (Å²) in [5.74, 6) is -4.46. The Labute approximate surface area is 357 Å². The molecule has 8 N–H and O–H groups in total. The number of nitrogens with two attached hydrogens (primary N) is 1. The molecular formula is C47H59N7O7. The predicted molar refractivity (Wildman–Crippen MR) is 229 cm³/mol. The summed E-state index contributed by atoms with van der Waals surface area (Å²) in [4.78, 5) is 93.8. The van der Waals surface area contributed by atoms with Crippen LogP contribution in [0.15, 0.2) is 91.0 Å². The van der Waals surface area contributed by atoms with Crippen molar-refractivity contribution >= 4 is 41.4 Å². The van der Waals surface area contributed by atoms with Crippen LogP contribution in [0.4, 0.5) is 0 Å². The second kappa shape index (κ2) is 21.5. The van der Waals surface area contributed by atoms with Gasteiger partial charge in [0.15, 0.2) is 0 Å². The zero-order valence-corrected chi connectivity index (χ0v) is 34.8. The first-order chi connectivity index (χ1) is 29.4. The Kier molecular flexibility index (Phi) is 15.7. The largest absolute Gasteiger partial charge is 0.368 e. The maximum atomic E-state index is 14.2. The van der Waals surface area contributed by atoms with Gasteiger partial charge in [-0.25, -0.2) is 0 Å². The van der Waals surface area contributed by atoms with Crippen molar-refractivity contribution in [2.45, 2.75) is 120 Å². The summed E-state index contributed by atoms with van der Waals surface area (Å²) in [6.07, 6.45) is 6.15. The topological polar surface area (TPSA) is 218 Å². The first-order valence-electron chi connectivity index (χ1n) is 21.6. The van der Waals surface area contributed by atoms with Crippen molar-refractivity contribution in [3.63, 3.8) is 0 Å². The van der Waals surface area contributed by atoms with Crippen LogP contribution in [0.5, 0.6) is 0 Å². The molecular weight excluding hydrogens is 775 g/mol. The fraction of sp³-hybridized carbons (Fsp3) is 0.468. The van der Waals surface area contributed by atoms with E-state index in [0.29, 0.717) is 51.4 Å². The van der Waals surface area contributed by atoms with Crippen LogP contribution in [0.2, 0.25) is 0 Å². The molecule has 6 rings (SSSR count). The number of carbonyl (C=O) groups excluding carboxylic acids is 7. The van der Waals surface area contributed by atoms with Crippen LogP contribution in [-0.4, -0.2) is 77.6 Å². The Morgan fingerprint density at radius 1 is 0.475 bits per heavy atom. The van der Waals surface area contributed by atoms with E-state index >= 15 is 0 Å². The van der Waals surface area contributed by atoms with Crippen LogP contribution in [0, 0.1) is 17.8 Å². The van der Waals surface area contributed by atoms with Gasteiger partial charge < -0.3 is 37.6 Å². The molecule has 3 fully saturated rings. The van der Waals surface area contributed by atoms with E-state index in [4.69, 9.17) is 5.73 Å². The van der Waals surface area contributed by atoms with E-state index in [-0.39, 0.29) is 48.9 Å². The molecule has 3 saturated carbocycles. The minimum Gasteiger partial charge on any atom is -0.368 e. The van der Waals surface area contributed by atoms with Gasteiger partial charge in [-0.1, -0.05) is 110 Å². The highest BCUT2D eigenvalue weighted by Gasteiger charge is 2.41. The fourth-order valence-corrected chi connectivity index (χ4v) is 9.19. The quantitative estimate of drug-likeness (QED) is 0.102. The van der Waals surface area contributed by atoms with Gasteiger partial charge in [0.2, 0.25) is 41.4 Å². The minimum absolute atomic E-state index is 0.193. The fourth-order valence-electron chi connectivity index (χ4n) is 9.19. The number of primary amides is 1. The van der Waals surface area contributed by atoms with Crippen molar-refractivity contribution in [3.8, 4) is 0 Å². The number of hydrogen-bond acceptors (Lipinski definition) is 7. The Balaban J connectivity index is 1.12. The van der Waals surface area contributed by atoms with E-state index in [0.717, 1.165) is 23.1 Å². The highest BCUT2D eigenvalue weighted by Crippen LogP contribution is 2.29. The molecule has 14 nitrogen and oxygen atoms in total. The molecule has 0 aromatic heterocycles. The van der Waals surface area contributed by atoms with Crippen LogP contribution in [-0.2, 0) is 52.8 Å². The van der Waals surface area contributed by atoms with Crippen molar-refractivity contribution in [3.05, 3.63) is 108 Å². The molecule has 7 amide bonds. The lowest BCUT2D eigenvalue weighted by Crippen LogP contribution is -2.57. The first-order valence-corrected chi connectivity index (χ1v) is 21.6. The summed E-state index contributed by atoms with van der Waals surface area (Å²) in [5.41, 5.74) is 8.21. The molecule has 0 radical (unpaired) electrons. The minimum atomic E-state index is -0.985. The molecule has 3 aromatic carbocycles.